The fraction of sp³-hybridized carbons (Fsp3) is 0.278. The molecular weight excluding hydrogens is 244 g/mol. The van der Waals surface area contributed by atoms with E-state index in [0.717, 1.165) is 12.1 Å². The minimum atomic E-state index is -0.0290. The summed E-state index contributed by atoms with van der Waals surface area (Å²) < 4.78 is 0. The first-order valence-corrected chi connectivity index (χ1v) is 7.05. The van der Waals surface area contributed by atoms with Crippen molar-refractivity contribution in [3.05, 3.63) is 71.3 Å². The standard InChI is InChI=1S/C18H20N2/c1-13-6-4-7-14(2)17(13)15-8-5-9-18(3,10-15)16-11-19-12-20-16/h4-8,10-12H,9H2,1-3H3,(H,19,20). The summed E-state index contributed by atoms with van der Waals surface area (Å²) in [5.74, 6) is 0. The number of allylic oxidation sites excluding steroid dienone is 4. The van der Waals surface area contributed by atoms with Crippen molar-refractivity contribution < 1.29 is 0 Å². The zero-order valence-electron chi connectivity index (χ0n) is 12.3. The second-order valence-corrected chi connectivity index (χ2v) is 5.84. The van der Waals surface area contributed by atoms with Crippen molar-refractivity contribution >= 4 is 5.57 Å². The highest BCUT2D eigenvalue weighted by molar-refractivity contribution is 5.80. The molecule has 1 unspecified atom stereocenters. The second-order valence-electron chi connectivity index (χ2n) is 5.84. The summed E-state index contributed by atoms with van der Waals surface area (Å²) in [6.07, 6.45) is 11.6. The van der Waals surface area contributed by atoms with Crippen molar-refractivity contribution in [3.63, 3.8) is 0 Å². The lowest BCUT2D eigenvalue weighted by molar-refractivity contribution is 0.585. The molecule has 0 aliphatic heterocycles. The van der Waals surface area contributed by atoms with Gasteiger partial charge in [0.1, 0.15) is 0 Å². The molecule has 1 atom stereocenters. The number of nitrogens with one attached hydrogen (secondary N) is 1. The topological polar surface area (TPSA) is 28.7 Å². The number of H-pyrrole nitrogens is 1. The Balaban J connectivity index is 2.10. The van der Waals surface area contributed by atoms with Crippen LogP contribution in [0.5, 0.6) is 0 Å². The van der Waals surface area contributed by atoms with Crippen molar-refractivity contribution in [2.24, 2.45) is 0 Å². The van der Waals surface area contributed by atoms with Crippen LogP contribution < -0.4 is 0 Å². The van der Waals surface area contributed by atoms with Crippen LogP contribution in [-0.4, -0.2) is 9.97 Å². The van der Waals surface area contributed by atoms with Crippen LogP contribution in [0.3, 0.4) is 0 Å². The first kappa shape index (κ1) is 12.9. The van der Waals surface area contributed by atoms with E-state index < -0.39 is 0 Å². The molecule has 102 valence electrons. The van der Waals surface area contributed by atoms with Crippen molar-refractivity contribution in [2.45, 2.75) is 32.6 Å². The average molecular weight is 264 g/mol. The van der Waals surface area contributed by atoms with Gasteiger partial charge in [-0.1, -0.05) is 43.4 Å². The maximum atomic E-state index is 4.45. The third-order valence-electron chi connectivity index (χ3n) is 4.17. The largest absolute Gasteiger partial charge is 0.351 e. The highest BCUT2D eigenvalue weighted by Gasteiger charge is 2.28. The Bertz CT molecular complexity index is 657. The molecule has 0 saturated carbocycles. The zero-order valence-corrected chi connectivity index (χ0v) is 12.3. The molecule has 1 N–H and O–H groups in total. The van der Waals surface area contributed by atoms with Crippen LogP contribution in [0.25, 0.3) is 5.57 Å². The summed E-state index contributed by atoms with van der Waals surface area (Å²) in [7, 11) is 0. The monoisotopic (exact) mass is 264 g/mol. The van der Waals surface area contributed by atoms with Crippen LogP contribution in [0.1, 0.15) is 35.7 Å². The minimum Gasteiger partial charge on any atom is -0.351 e. The van der Waals surface area contributed by atoms with E-state index in [1.54, 1.807) is 6.33 Å². The molecule has 1 heterocycles. The van der Waals surface area contributed by atoms with Gasteiger partial charge < -0.3 is 4.98 Å². The molecule has 2 heteroatoms. The van der Waals surface area contributed by atoms with E-state index in [0.29, 0.717) is 0 Å². The van der Waals surface area contributed by atoms with Crippen molar-refractivity contribution in [1.29, 1.82) is 0 Å². The summed E-state index contributed by atoms with van der Waals surface area (Å²) in [6.45, 7) is 6.61. The summed E-state index contributed by atoms with van der Waals surface area (Å²) in [4.78, 5) is 7.52. The van der Waals surface area contributed by atoms with Crippen LogP contribution in [-0.2, 0) is 5.41 Å². The normalized spacial score (nSPS) is 21.9. The molecule has 1 aromatic carbocycles. The fourth-order valence-corrected chi connectivity index (χ4v) is 3.06. The Morgan fingerprint density at radius 3 is 2.60 bits per heavy atom. The number of hydrogen-bond acceptors (Lipinski definition) is 1. The molecule has 0 saturated heterocycles. The first-order valence-electron chi connectivity index (χ1n) is 7.05. The molecule has 20 heavy (non-hydrogen) atoms. The Morgan fingerprint density at radius 1 is 1.20 bits per heavy atom. The van der Waals surface area contributed by atoms with Crippen molar-refractivity contribution in [1.82, 2.24) is 9.97 Å². The molecular formula is C18H20N2. The Kier molecular flexibility index (Phi) is 3.09. The molecule has 0 spiro atoms. The molecule has 2 nitrogen and oxygen atoms in total. The Hall–Kier alpha value is -2.09. The number of rotatable bonds is 2. The average Bonchev–Trinajstić information content (AvgIpc) is 2.93. The van der Waals surface area contributed by atoms with Gasteiger partial charge in [0.25, 0.3) is 0 Å². The van der Waals surface area contributed by atoms with E-state index in [1.807, 2.05) is 6.20 Å². The van der Waals surface area contributed by atoms with Crippen LogP contribution in [0.2, 0.25) is 0 Å². The van der Waals surface area contributed by atoms with E-state index in [1.165, 1.54) is 22.3 Å². The third kappa shape index (κ3) is 2.11. The lowest BCUT2D eigenvalue weighted by atomic mass is 9.77. The summed E-state index contributed by atoms with van der Waals surface area (Å²) in [5, 5.41) is 0. The van der Waals surface area contributed by atoms with Gasteiger partial charge in [-0.25, -0.2) is 4.98 Å². The van der Waals surface area contributed by atoms with E-state index >= 15 is 0 Å². The predicted molar refractivity (Wildman–Crippen MR) is 83.6 cm³/mol. The Morgan fingerprint density at radius 2 is 1.95 bits per heavy atom. The fourth-order valence-electron chi connectivity index (χ4n) is 3.06. The lowest BCUT2D eigenvalue weighted by Crippen LogP contribution is -2.21. The van der Waals surface area contributed by atoms with Gasteiger partial charge in [0.15, 0.2) is 0 Å². The molecule has 0 amide bonds. The smallest absolute Gasteiger partial charge is 0.0923 e. The third-order valence-corrected chi connectivity index (χ3v) is 4.17. The molecule has 0 fully saturated rings. The number of imidazole rings is 1. The van der Waals surface area contributed by atoms with Crippen molar-refractivity contribution in [2.75, 3.05) is 0 Å². The summed E-state index contributed by atoms with van der Waals surface area (Å²) in [6, 6.07) is 6.48. The van der Waals surface area contributed by atoms with Gasteiger partial charge in [-0.15, -0.1) is 0 Å². The zero-order chi connectivity index (χ0) is 14.2. The molecule has 0 radical (unpaired) electrons. The molecule has 0 bridgehead atoms. The molecule has 2 aromatic rings. The van der Waals surface area contributed by atoms with E-state index in [9.17, 15) is 0 Å². The molecule has 3 rings (SSSR count). The summed E-state index contributed by atoms with van der Waals surface area (Å²) in [5.41, 5.74) is 6.38. The molecule has 1 aromatic heterocycles. The van der Waals surface area contributed by atoms with Crippen LogP contribution in [0.4, 0.5) is 0 Å². The van der Waals surface area contributed by atoms with Gasteiger partial charge in [-0.2, -0.15) is 0 Å². The second kappa shape index (κ2) is 4.78. The van der Waals surface area contributed by atoms with Crippen LogP contribution in [0.15, 0.2) is 49.0 Å². The van der Waals surface area contributed by atoms with Crippen LogP contribution >= 0.6 is 0 Å². The highest BCUT2D eigenvalue weighted by atomic mass is 14.9. The van der Waals surface area contributed by atoms with Gasteiger partial charge in [0.05, 0.1) is 12.0 Å². The quantitative estimate of drug-likeness (QED) is 0.859. The first-order chi connectivity index (χ1) is 9.60. The number of aromatic amines is 1. The lowest BCUT2D eigenvalue weighted by Gasteiger charge is -2.27. The van der Waals surface area contributed by atoms with E-state index in [4.69, 9.17) is 0 Å². The predicted octanol–water partition coefficient (Wildman–Crippen LogP) is 4.33. The number of benzene rings is 1. The van der Waals surface area contributed by atoms with Gasteiger partial charge in [-0.3, -0.25) is 0 Å². The van der Waals surface area contributed by atoms with E-state index in [-0.39, 0.29) is 5.41 Å². The minimum absolute atomic E-state index is 0.0290. The van der Waals surface area contributed by atoms with Crippen molar-refractivity contribution in [3.8, 4) is 0 Å². The Labute approximate surface area is 120 Å². The van der Waals surface area contributed by atoms with Gasteiger partial charge in [0.2, 0.25) is 0 Å². The van der Waals surface area contributed by atoms with Gasteiger partial charge >= 0.3 is 0 Å². The molecule has 1 aliphatic rings. The molecule has 1 aliphatic carbocycles. The number of aryl methyl sites for hydroxylation is 2. The number of aromatic nitrogens is 2. The van der Waals surface area contributed by atoms with Crippen LogP contribution in [0, 0.1) is 13.8 Å². The SMILES string of the molecule is Cc1cccc(C)c1C1=CC(C)(c2c[nH]cn2)CC=C1. The maximum Gasteiger partial charge on any atom is 0.0923 e. The van der Waals surface area contributed by atoms with Gasteiger partial charge in [0, 0.05) is 11.6 Å². The number of nitrogens with zero attached hydrogens (tertiary/aromatic N) is 1. The highest BCUT2D eigenvalue weighted by Crippen LogP contribution is 2.37. The van der Waals surface area contributed by atoms with E-state index in [2.05, 4.69) is 67.2 Å². The maximum absolute atomic E-state index is 4.45. The summed E-state index contributed by atoms with van der Waals surface area (Å²) >= 11 is 0. The number of hydrogen-bond donors (Lipinski definition) is 1. The van der Waals surface area contributed by atoms with Gasteiger partial charge in [-0.05, 0) is 42.5 Å².